The molecule has 0 N–H and O–H groups in total. The van der Waals surface area contributed by atoms with Crippen LogP contribution in [0.2, 0.25) is 0 Å². The predicted molar refractivity (Wildman–Crippen MR) is 211 cm³/mol. The van der Waals surface area contributed by atoms with Crippen LogP contribution in [0.4, 0.5) is 0 Å². The van der Waals surface area contributed by atoms with E-state index in [1.807, 2.05) is 42.1 Å². The van der Waals surface area contributed by atoms with Crippen LogP contribution < -0.4 is 0 Å². The SMILES string of the molecule is C=CC(C/C=C/c1ccc(-c2ccc3oc4ccccc4c3c2)s1)=NC1=CC=C(C2CC=C(c3ccc4oc5ccccc5c4c3)S2)CC1. The van der Waals surface area contributed by atoms with Gasteiger partial charge in [-0.1, -0.05) is 72.8 Å². The summed E-state index contributed by atoms with van der Waals surface area (Å²) in [4.78, 5) is 8.81. The number of para-hydroxylation sites is 2. The van der Waals surface area contributed by atoms with Crippen LogP contribution in [0.1, 0.15) is 36.1 Å². The Morgan fingerprint density at radius 3 is 2.16 bits per heavy atom. The van der Waals surface area contributed by atoms with Crippen LogP contribution in [0.25, 0.3) is 65.3 Å². The van der Waals surface area contributed by atoms with Gasteiger partial charge >= 0.3 is 0 Å². The van der Waals surface area contributed by atoms with Crippen molar-refractivity contribution >= 4 is 83.7 Å². The van der Waals surface area contributed by atoms with E-state index in [0.29, 0.717) is 5.25 Å². The molecular formula is C44H33NO2S2. The van der Waals surface area contributed by atoms with E-state index in [9.17, 15) is 0 Å². The summed E-state index contributed by atoms with van der Waals surface area (Å²) < 4.78 is 12.1. The van der Waals surface area contributed by atoms with E-state index in [4.69, 9.17) is 13.8 Å². The van der Waals surface area contributed by atoms with Crippen molar-refractivity contribution in [1.82, 2.24) is 0 Å². The lowest BCUT2D eigenvalue weighted by Crippen LogP contribution is -2.06. The molecule has 4 heterocycles. The molecule has 1 aliphatic heterocycles. The number of furan rings is 2. The topological polar surface area (TPSA) is 38.6 Å². The summed E-state index contributed by atoms with van der Waals surface area (Å²) in [6.07, 6.45) is 17.0. The molecule has 9 rings (SSSR count). The second-order valence-corrected chi connectivity index (χ2v) is 14.9. The summed E-state index contributed by atoms with van der Waals surface area (Å²) in [5.41, 5.74) is 9.85. The Kier molecular flexibility index (Phi) is 7.80. The highest BCUT2D eigenvalue weighted by Crippen LogP contribution is 2.45. The number of hydrogen-bond donors (Lipinski definition) is 0. The molecule has 1 aliphatic carbocycles. The van der Waals surface area contributed by atoms with E-state index in [2.05, 4.69) is 110 Å². The molecule has 0 fully saturated rings. The third kappa shape index (κ3) is 5.83. The average Bonchev–Trinajstić information content (AvgIpc) is 3.96. The minimum absolute atomic E-state index is 0.479. The van der Waals surface area contributed by atoms with Gasteiger partial charge in [-0.25, -0.2) is 0 Å². The Balaban J connectivity index is 0.842. The first-order chi connectivity index (χ1) is 24.2. The summed E-state index contributed by atoms with van der Waals surface area (Å²) in [7, 11) is 0. The first-order valence-corrected chi connectivity index (χ1v) is 18.4. The van der Waals surface area contributed by atoms with Crippen molar-refractivity contribution in [2.24, 2.45) is 4.99 Å². The third-order valence-corrected chi connectivity index (χ3v) is 12.0. The molecule has 3 aromatic heterocycles. The van der Waals surface area contributed by atoms with E-state index in [-0.39, 0.29) is 0 Å². The number of benzene rings is 4. The molecule has 3 nitrogen and oxygen atoms in total. The maximum atomic E-state index is 6.04. The van der Waals surface area contributed by atoms with Crippen LogP contribution in [-0.2, 0) is 0 Å². The summed E-state index contributed by atoms with van der Waals surface area (Å²) in [6.45, 7) is 4.06. The number of thioether (sulfide) groups is 1. The van der Waals surface area contributed by atoms with E-state index in [0.717, 1.165) is 70.2 Å². The van der Waals surface area contributed by atoms with E-state index < -0.39 is 0 Å². The van der Waals surface area contributed by atoms with E-state index in [1.165, 1.54) is 42.1 Å². The third-order valence-electron chi connectivity index (χ3n) is 9.44. The van der Waals surface area contributed by atoms with Gasteiger partial charge in [0, 0.05) is 59.3 Å². The molecule has 7 aromatic rings. The smallest absolute Gasteiger partial charge is 0.135 e. The molecule has 5 heteroatoms. The van der Waals surface area contributed by atoms with Crippen LogP contribution in [-0.4, -0.2) is 11.0 Å². The number of rotatable bonds is 8. The van der Waals surface area contributed by atoms with Crippen molar-refractivity contribution in [3.63, 3.8) is 0 Å². The summed E-state index contributed by atoms with van der Waals surface area (Å²) in [5.74, 6) is 0. The molecule has 0 bridgehead atoms. The zero-order valence-corrected chi connectivity index (χ0v) is 28.5. The number of fused-ring (bicyclic) bond motifs is 6. The lowest BCUT2D eigenvalue weighted by Gasteiger charge is -2.18. The van der Waals surface area contributed by atoms with Crippen LogP contribution in [0.5, 0.6) is 0 Å². The Morgan fingerprint density at radius 2 is 1.45 bits per heavy atom. The Hall–Kier alpha value is -5.10. The maximum Gasteiger partial charge on any atom is 0.135 e. The Morgan fingerprint density at radius 1 is 0.755 bits per heavy atom. The Labute approximate surface area is 293 Å². The van der Waals surface area contributed by atoms with Crippen molar-refractivity contribution in [1.29, 1.82) is 0 Å². The monoisotopic (exact) mass is 671 g/mol. The maximum absolute atomic E-state index is 6.04. The van der Waals surface area contributed by atoms with Crippen LogP contribution in [0.3, 0.4) is 0 Å². The molecule has 0 spiro atoms. The molecule has 1 atom stereocenters. The van der Waals surface area contributed by atoms with Crippen molar-refractivity contribution in [3.05, 3.63) is 156 Å². The highest BCUT2D eigenvalue weighted by molar-refractivity contribution is 8.09. The van der Waals surface area contributed by atoms with Crippen molar-refractivity contribution in [3.8, 4) is 10.4 Å². The molecule has 0 saturated carbocycles. The fourth-order valence-electron chi connectivity index (χ4n) is 6.89. The molecule has 0 saturated heterocycles. The van der Waals surface area contributed by atoms with E-state index >= 15 is 0 Å². The highest BCUT2D eigenvalue weighted by Gasteiger charge is 2.24. The molecule has 2 aliphatic rings. The van der Waals surface area contributed by atoms with Gasteiger partial charge in [0.2, 0.25) is 0 Å². The number of thiophene rings is 1. The Bertz CT molecular complexity index is 2570. The second-order valence-electron chi connectivity index (χ2n) is 12.5. The lowest BCUT2D eigenvalue weighted by molar-refractivity contribution is 0.668. The van der Waals surface area contributed by atoms with Gasteiger partial charge in [0.1, 0.15) is 22.3 Å². The number of aliphatic imine (C=N–C) groups is 1. The largest absolute Gasteiger partial charge is 0.456 e. The van der Waals surface area contributed by atoms with Crippen molar-refractivity contribution in [2.75, 3.05) is 0 Å². The van der Waals surface area contributed by atoms with Gasteiger partial charge in [0.25, 0.3) is 0 Å². The van der Waals surface area contributed by atoms with Crippen molar-refractivity contribution in [2.45, 2.75) is 30.9 Å². The molecule has 49 heavy (non-hydrogen) atoms. The quantitative estimate of drug-likeness (QED) is 0.151. The molecule has 0 radical (unpaired) electrons. The van der Waals surface area contributed by atoms with Crippen LogP contribution >= 0.6 is 23.1 Å². The van der Waals surface area contributed by atoms with Gasteiger partial charge in [-0.05, 0) is 103 Å². The predicted octanol–water partition coefficient (Wildman–Crippen LogP) is 13.4. The molecule has 0 amide bonds. The standard InChI is InChI=1S/C44H33NO2S2/c1-2-31(8-7-9-33-20-23-43(48-33)29-16-21-40-36(26-29)34-10-3-5-12-38(34)46-40)45-32-18-14-28(15-19-32)42-24-25-44(49-42)30-17-22-41-37(27-30)35-11-4-6-13-39(35)47-41/h2-7,9-14,16-18,20-23,25-27,42H,1,8,15,19,24H2/b9-7+,45-31?. The second kappa shape index (κ2) is 12.7. The molecule has 4 aromatic carbocycles. The first-order valence-electron chi connectivity index (χ1n) is 16.7. The molecule has 238 valence electrons. The first kappa shape index (κ1) is 30.0. The van der Waals surface area contributed by atoms with Gasteiger partial charge in [0.15, 0.2) is 0 Å². The summed E-state index contributed by atoms with van der Waals surface area (Å²) in [5, 5.41) is 5.16. The number of allylic oxidation sites excluding steroid dienone is 6. The van der Waals surface area contributed by atoms with Gasteiger partial charge in [-0.15, -0.1) is 23.1 Å². The zero-order chi connectivity index (χ0) is 32.7. The average molecular weight is 672 g/mol. The van der Waals surface area contributed by atoms with Gasteiger partial charge in [0.05, 0.1) is 0 Å². The fraction of sp³-hybridized carbons (Fsp3) is 0.114. The lowest BCUT2D eigenvalue weighted by atomic mass is 9.98. The van der Waals surface area contributed by atoms with Gasteiger partial charge in [-0.2, -0.15) is 0 Å². The molecule has 1 unspecified atom stereocenters. The van der Waals surface area contributed by atoms with Gasteiger partial charge < -0.3 is 8.83 Å². The zero-order valence-electron chi connectivity index (χ0n) is 26.9. The van der Waals surface area contributed by atoms with Crippen LogP contribution in [0.15, 0.2) is 159 Å². The highest BCUT2D eigenvalue weighted by atomic mass is 32.2. The van der Waals surface area contributed by atoms with E-state index in [1.54, 1.807) is 11.3 Å². The van der Waals surface area contributed by atoms with Crippen molar-refractivity contribution < 1.29 is 8.83 Å². The fourth-order valence-corrected chi connectivity index (χ4v) is 9.13. The minimum atomic E-state index is 0.479. The summed E-state index contributed by atoms with van der Waals surface area (Å²) in [6, 6.07) is 34.0. The minimum Gasteiger partial charge on any atom is -0.456 e. The summed E-state index contributed by atoms with van der Waals surface area (Å²) >= 11 is 3.78. The molecular weight excluding hydrogens is 639 g/mol. The normalized spacial score (nSPS) is 17.0. The van der Waals surface area contributed by atoms with Gasteiger partial charge in [-0.3, -0.25) is 4.99 Å². The van der Waals surface area contributed by atoms with Crippen LogP contribution in [0, 0.1) is 0 Å². The number of hydrogen-bond acceptors (Lipinski definition) is 5. The number of nitrogens with zero attached hydrogens (tertiary/aromatic N) is 1.